The number of amides is 1. The van der Waals surface area contributed by atoms with E-state index in [4.69, 9.17) is 21.5 Å². The first-order valence-corrected chi connectivity index (χ1v) is 9.63. The van der Waals surface area contributed by atoms with Gasteiger partial charge in [-0.25, -0.2) is 15.8 Å². The Hall–Kier alpha value is -3.06. The molecule has 0 fully saturated rings. The molecular formula is C16H18N8O2S2. The number of hydrogen-bond acceptors (Lipinski definition) is 9. The summed E-state index contributed by atoms with van der Waals surface area (Å²) in [6.07, 6.45) is 0. The number of guanidine groups is 1. The van der Waals surface area contributed by atoms with Crippen LogP contribution in [0.2, 0.25) is 0 Å². The minimum atomic E-state index is -0.534. The fourth-order valence-corrected chi connectivity index (χ4v) is 3.28. The highest BCUT2D eigenvalue weighted by atomic mass is 32.2. The lowest BCUT2D eigenvalue weighted by molar-refractivity contribution is -0.119. The molecule has 0 bridgehead atoms. The third-order valence-electron chi connectivity index (χ3n) is 3.38. The molecule has 1 aromatic heterocycles. The lowest BCUT2D eigenvalue weighted by atomic mass is 10.3. The second-order valence-electron chi connectivity index (χ2n) is 5.37. The number of hydrazine groups is 2. The third-order valence-corrected chi connectivity index (χ3v) is 4.86. The number of benzene rings is 2. The van der Waals surface area contributed by atoms with Gasteiger partial charge in [-0.05, 0) is 54.4 Å². The molecule has 2 aromatic carbocycles. The van der Waals surface area contributed by atoms with E-state index in [0.717, 1.165) is 27.1 Å². The van der Waals surface area contributed by atoms with Crippen LogP contribution < -0.4 is 37.7 Å². The Morgan fingerprint density at radius 3 is 2.71 bits per heavy atom. The summed E-state index contributed by atoms with van der Waals surface area (Å²) < 4.78 is 6.17. The molecule has 9 N–H and O–H groups in total. The van der Waals surface area contributed by atoms with Gasteiger partial charge in [0.15, 0.2) is 6.61 Å². The van der Waals surface area contributed by atoms with E-state index in [9.17, 15) is 4.79 Å². The van der Waals surface area contributed by atoms with Crippen LogP contribution in [0.1, 0.15) is 0 Å². The molecule has 0 radical (unpaired) electrons. The molecule has 3 rings (SSSR count). The number of primary amides is 1. The van der Waals surface area contributed by atoms with E-state index < -0.39 is 5.91 Å². The number of nitrogens with zero attached hydrogens (tertiary/aromatic N) is 2. The third kappa shape index (κ3) is 5.23. The first-order chi connectivity index (χ1) is 13.6. The van der Waals surface area contributed by atoms with Gasteiger partial charge in [-0.15, -0.1) is 0 Å². The summed E-state index contributed by atoms with van der Waals surface area (Å²) >= 11 is 2.55. The highest BCUT2D eigenvalue weighted by Gasteiger charge is 2.07. The van der Waals surface area contributed by atoms with Crippen molar-refractivity contribution in [2.75, 3.05) is 12.0 Å². The Kier molecular flexibility index (Phi) is 6.49. The summed E-state index contributed by atoms with van der Waals surface area (Å²) in [5.74, 6) is 5.83. The van der Waals surface area contributed by atoms with Gasteiger partial charge in [0.1, 0.15) is 5.75 Å². The Morgan fingerprint density at radius 2 is 2.04 bits per heavy atom. The van der Waals surface area contributed by atoms with Crippen molar-refractivity contribution in [3.8, 4) is 5.75 Å². The predicted molar refractivity (Wildman–Crippen MR) is 112 cm³/mol. The Balaban J connectivity index is 1.67. The van der Waals surface area contributed by atoms with Crippen LogP contribution in [0.3, 0.4) is 0 Å². The molecule has 0 saturated heterocycles. The zero-order chi connectivity index (χ0) is 19.9. The Labute approximate surface area is 168 Å². The predicted octanol–water partition coefficient (Wildman–Crippen LogP) is 1.19. The highest BCUT2D eigenvalue weighted by molar-refractivity contribution is 7.97. The summed E-state index contributed by atoms with van der Waals surface area (Å²) in [6, 6.07) is 12.7. The number of aliphatic imine (C=N–C) groups is 1. The number of aromatic nitrogens is 1. The van der Waals surface area contributed by atoms with E-state index in [-0.39, 0.29) is 6.61 Å². The summed E-state index contributed by atoms with van der Waals surface area (Å²) in [4.78, 5) is 20.5. The van der Waals surface area contributed by atoms with Crippen LogP contribution in [0.15, 0.2) is 52.4 Å². The van der Waals surface area contributed by atoms with Crippen molar-refractivity contribution in [3.05, 3.63) is 42.5 Å². The van der Waals surface area contributed by atoms with Crippen LogP contribution in [-0.2, 0) is 4.79 Å². The molecule has 0 aliphatic carbocycles. The van der Waals surface area contributed by atoms with E-state index in [1.165, 1.54) is 11.3 Å². The molecule has 3 aromatic rings. The first kappa shape index (κ1) is 19.7. The van der Waals surface area contributed by atoms with E-state index in [0.29, 0.717) is 22.5 Å². The lowest BCUT2D eigenvalue weighted by Gasteiger charge is -2.09. The molecule has 28 heavy (non-hydrogen) atoms. The van der Waals surface area contributed by atoms with Gasteiger partial charge < -0.3 is 10.5 Å². The normalized spacial score (nSPS) is 11.3. The fourth-order valence-electron chi connectivity index (χ4n) is 2.14. The van der Waals surface area contributed by atoms with Crippen molar-refractivity contribution in [2.45, 2.75) is 4.90 Å². The van der Waals surface area contributed by atoms with Gasteiger partial charge in [-0.2, -0.15) is 0 Å². The van der Waals surface area contributed by atoms with Gasteiger partial charge >= 0.3 is 0 Å². The number of nitrogens with one attached hydrogen (secondary N) is 3. The molecule has 0 saturated carbocycles. The number of thiazole rings is 1. The maximum Gasteiger partial charge on any atom is 0.255 e. The molecule has 12 heteroatoms. The van der Waals surface area contributed by atoms with Crippen LogP contribution in [0.25, 0.3) is 10.2 Å². The standard InChI is InChI=1S/C16H18N8O2S2/c17-14(25)8-26-10-3-6-12-13(7-10)27-16(21-12)24-23-15(22-18)20-9-1-4-11(28-19)5-2-9/h1-7H,8,18-19H2,(H2,17,25)(H,21,24)(H2,20,22,23). The van der Waals surface area contributed by atoms with E-state index in [1.54, 1.807) is 18.2 Å². The largest absolute Gasteiger partial charge is 0.484 e. The molecule has 0 unspecified atom stereocenters. The Morgan fingerprint density at radius 1 is 1.25 bits per heavy atom. The van der Waals surface area contributed by atoms with Crippen molar-refractivity contribution in [2.24, 2.45) is 21.7 Å². The van der Waals surface area contributed by atoms with Gasteiger partial charge in [0.05, 0.1) is 15.9 Å². The molecule has 0 atom stereocenters. The quantitative estimate of drug-likeness (QED) is 0.109. The van der Waals surface area contributed by atoms with Crippen molar-refractivity contribution < 1.29 is 9.53 Å². The molecule has 10 nitrogen and oxygen atoms in total. The topological polar surface area (TPSA) is 166 Å². The average molecular weight is 419 g/mol. The Bertz CT molecular complexity index is 990. The molecule has 1 heterocycles. The van der Waals surface area contributed by atoms with Gasteiger partial charge in [0.2, 0.25) is 11.1 Å². The monoisotopic (exact) mass is 418 g/mol. The molecular weight excluding hydrogens is 400 g/mol. The molecule has 0 spiro atoms. The van der Waals surface area contributed by atoms with Crippen LogP contribution in [0.4, 0.5) is 10.8 Å². The second kappa shape index (κ2) is 9.23. The maximum absolute atomic E-state index is 10.8. The van der Waals surface area contributed by atoms with E-state index in [1.807, 2.05) is 24.3 Å². The van der Waals surface area contributed by atoms with Crippen LogP contribution in [-0.4, -0.2) is 23.5 Å². The summed E-state index contributed by atoms with van der Waals surface area (Å²) in [5, 5.41) is 6.10. The summed E-state index contributed by atoms with van der Waals surface area (Å²) in [5.41, 5.74) is 14.8. The summed E-state index contributed by atoms with van der Waals surface area (Å²) in [7, 11) is 0. The molecule has 146 valence electrons. The number of hydrogen-bond donors (Lipinski definition) is 6. The molecule has 0 aliphatic rings. The fraction of sp³-hybridized carbons (Fsp3) is 0.0625. The van der Waals surface area contributed by atoms with Crippen molar-refractivity contribution >= 4 is 56.2 Å². The zero-order valence-electron chi connectivity index (χ0n) is 14.5. The minimum Gasteiger partial charge on any atom is -0.484 e. The first-order valence-electron chi connectivity index (χ1n) is 7.93. The van der Waals surface area contributed by atoms with Crippen LogP contribution >= 0.6 is 23.3 Å². The van der Waals surface area contributed by atoms with Gasteiger partial charge in [0, 0.05) is 4.90 Å². The van der Waals surface area contributed by atoms with Crippen molar-refractivity contribution in [3.63, 3.8) is 0 Å². The van der Waals surface area contributed by atoms with E-state index >= 15 is 0 Å². The number of ether oxygens (including phenoxy) is 1. The SMILES string of the molecule is NNC(=Nc1ccc(SN)cc1)NNc1nc2ccc(OCC(N)=O)cc2s1. The smallest absolute Gasteiger partial charge is 0.255 e. The van der Waals surface area contributed by atoms with Crippen LogP contribution in [0, 0.1) is 0 Å². The average Bonchev–Trinajstić information content (AvgIpc) is 3.12. The number of carbonyl (C=O) groups is 1. The number of rotatable bonds is 7. The van der Waals surface area contributed by atoms with Gasteiger partial charge in [0.25, 0.3) is 5.91 Å². The number of fused-ring (bicyclic) bond motifs is 1. The lowest BCUT2D eigenvalue weighted by Crippen LogP contribution is -2.44. The number of carbonyl (C=O) groups excluding carboxylic acids is 1. The summed E-state index contributed by atoms with van der Waals surface area (Å²) in [6.45, 7) is -0.177. The maximum atomic E-state index is 10.8. The molecule has 0 aliphatic heterocycles. The second-order valence-corrected chi connectivity index (χ2v) is 7.11. The van der Waals surface area contributed by atoms with Gasteiger partial charge in [-0.3, -0.25) is 26.2 Å². The van der Waals surface area contributed by atoms with E-state index in [2.05, 4.69) is 26.3 Å². The number of nitrogens with two attached hydrogens (primary N) is 3. The highest BCUT2D eigenvalue weighted by Crippen LogP contribution is 2.28. The van der Waals surface area contributed by atoms with Crippen molar-refractivity contribution in [1.82, 2.24) is 15.8 Å². The van der Waals surface area contributed by atoms with Gasteiger partial charge in [-0.1, -0.05) is 11.3 Å². The zero-order valence-corrected chi connectivity index (χ0v) is 16.1. The molecule has 1 amide bonds. The minimum absolute atomic E-state index is 0.177. The van der Waals surface area contributed by atoms with Crippen molar-refractivity contribution in [1.29, 1.82) is 0 Å². The van der Waals surface area contributed by atoms with Crippen LogP contribution in [0.5, 0.6) is 5.75 Å². The number of anilines is 1.